The summed E-state index contributed by atoms with van der Waals surface area (Å²) in [7, 11) is 0.798. The van der Waals surface area contributed by atoms with Crippen LogP contribution < -0.4 is 4.72 Å². The predicted octanol–water partition coefficient (Wildman–Crippen LogP) is 6.24. The molecule has 3 N–H and O–H groups in total. The Labute approximate surface area is 301 Å². The maximum atomic E-state index is 11.1. The van der Waals surface area contributed by atoms with Gasteiger partial charge in [-0.3, -0.25) is 9.62 Å². The first kappa shape index (κ1) is 38.6. The molecule has 0 aromatic heterocycles. The van der Waals surface area contributed by atoms with Crippen LogP contribution in [0.5, 0.6) is 0 Å². The number of nitrogens with zero attached hydrogens (tertiary/aromatic N) is 1. The van der Waals surface area contributed by atoms with Crippen LogP contribution in [0.2, 0.25) is 0 Å². The van der Waals surface area contributed by atoms with E-state index in [1.807, 2.05) is 27.7 Å². The summed E-state index contributed by atoms with van der Waals surface area (Å²) in [6.45, 7) is 20.0. The highest BCUT2D eigenvalue weighted by Gasteiger charge is 2.80. The maximum absolute atomic E-state index is 11.1. The van der Waals surface area contributed by atoms with Crippen molar-refractivity contribution in [1.82, 2.24) is 9.62 Å². The van der Waals surface area contributed by atoms with Crippen molar-refractivity contribution in [3.05, 3.63) is 0 Å². The molecule has 8 nitrogen and oxygen atoms in total. The Bertz CT molecular complexity index is 1180. The molecule has 3 heterocycles. The first-order valence-electron chi connectivity index (χ1n) is 19.9. The van der Waals surface area contributed by atoms with Crippen LogP contribution in [-0.2, 0) is 18.9 Å². The number of aliphatic hydroxyl groups is 2. The van der Waals surface area contributed by atoms with Gasteiger partial charge in [-0.2, -0.15) is 0 Å². The third-order valence-corrected chi connectivity index (χ3v) is 16.2. The molecule has 0 bridgehead atoms. The second kappa shape index (κ2) is 14.3. The minimum absolute atomic E-state index is 0.0574. The van der Waals surface area contributed by atoms with E-state index in [9.17, 15) is 5.11 Å². The molecule has 8 rings (SSSR count). The fourth-order valence-corrected chi connectivity index (χ4v) is 14.2. The second-order valence-corrected chi connectivity index (χ2v) is 19.8. The summed E-state index contributed by atoms with van der Waals surface area (Å²) in [5.41, 5.74) is 0.787. The van der Waals surface area contributed by atoms with Gasteiger partial charge in [-0.1, -0.05) is 40.5 Å². The molecule has 7 unspecified atom stereocenters. The number of hydrogen-bond acceptors (Lipinski definition) is 8. The van der Waals surface area contributed by atoms with Crippen LogP contribution in [0.4, 0.5) is 0 Å². The zero-order valence-corrected chi connectivity index (χ0v) is 33.3. The SMILES string of the molecule is C=S(C)N[C@@H]([C@H]1CC[C@H]2[C@@H](CC3C4CC[C@H]5C(C)(C)[C@@H](OC6CN(C7COC7)CCO6)CCC56CC46CCC32C)O1)C(C)(C)O.CC.CO. The molecule has 0 radical (unpaired) electrons. The van der Waals surface area contributed by atoms with Crippen LogP contribution in [0.15, 0.2) is 0 Å². The van der Waals surface area contributed by atoms with Crippen molar-refractivity contribution in [2.45, 2.75) is 155 Å². The minimum Gasteiger partial charge on any atom is -0.400 e. The Morgan fingerprint density at radius 3 is 2.33 bits per heavy atom. The molecule has 0 aromatic carbocycles. The van der Waals surface area contributed by atoms with Crippen LogP contribution in [0.25, 0.3) is 0 Å². The molecule has 284 valence electrons. The average molecular weight is 709 g/mol. The van der Waals surface area contributed by atoms with E-state index in [1.54, 1.807) is 0 Å². The number of rotatable bonds is 7. The van der Waals surface area contributed by atoms with E-state index >= 15 is 0 Å². The summed E-state index contributed by atoms with van der Waals surface area (Å²) in [5, 5.41) is 18.1. The molecule has 5 aliphatic carbocycles. The number of nitrogens with one attached hydrogen (secondary N) is 1. The molecule has 8 fully saturated rings. The normalized spacial score (nSPS) is 46.8. The third kappa shape index (κ3) is 6.37. The van der Waals surface area contributed by atoms with Gasteiger partial charge in [0.15, 0.2) is 6.29 Å². The van der Waals surface area contributed by atoms with Gasteiger partial charge >= 0.3 is 0 Å². The van der Waals surface area contributed by atoms with E-state index in [-0.39, 0.29) is 40.6 Å². The summed E-state index contributed by atoms with van der Waals surface area (Å²) in [5.74, 6) is 7.23. The van der Waals surface area contributed by atoms with E-state index in [4.69, 9.17) is 24.1 Å². The van der Waals surface area contributed by atoms with Crippen LogP contribution in [0, 0.1) is 45.3 Å². The number of hydrogen-bond donors (Lipinski definition) is 3. The highest BCUT2D eigenvalue weighted by Crippen LogP contribution is 2.87. The van der Waals surface area contributed by atoms with Gasteiger partial charge in [0.25, 0.3) is 0 Å². The van der Waals surface area contributed by atoms with Crippen molar-refractivity contribution in [1.29, 1.82) is 0 Å². The van der Waals surface area contributed by atoms with E-state index in [0.717, 1.165) is 64.2 Å². The lowest BCUT2D eigenvalue weighted by Gasteiger charge is -2.60. The standard InChI is InChI=1S/C37H62N2O5S.C2H6.CH4O/c1-33(2)29-11-9-24-26-18-28-25(8-10-27(43-28)32(34(3,4)40)38-45(6)7)35(26,5)14-15-36(24)22-37(29,36)13-12-30(33)44-31-19-39(16-17-42-31)23-20-41-21-23;2*1-2/h23-32,38,40H,6,8-22H2,1-5,7H3;1-2H3;2H,1H3/t24?,25-,26?,27+,28+,29-,30-,31?,32-,35?,36?,37?,45?;;/m0../s1. The maximum Gasteiger partial charge on any atom is 0.170 e. The van der Waals surface area contributed by atoms with Gasteiger partial charge in [-0.25, -0.2) is 0 Å². The van der Waals surface area contributed by atoms with Gasteiger partial charge < -0.3 is 29.2 Å². The molecule has 2 spiro atoms. The fourth-order valence-electron chi connectivity index (χ4n) is 13.3. The quantitative estimate of drug-likeness (QED) is 0.268. The topological polar surface area (TPSA) is 92.7 Å². The summed E-state index contributed by atoms with van der Waals surface area (Å²) < 4.78 is 29.3. The van der Waals surface area contributed by atoms with Crippen molar-refractivity contribution in [3.8, 4) is 0 Å². The number of fused-ring (bicyclic) bond motifs is 4. The number of aliphatic hydroxyl groups excluding tert-OH is 1. The van der Waals surface area contributed by atoms with Gasteiger partial charge in [0.05, 0.1) is 62.4 Å². The Kier molecular flexibility index (Phi) is 11.3. The number of morpholine rings is 1. The zero-order valence-electron chi connectivity index (χ0n) is 32.5. The third-order valence-electron chi connectivity index (χ3n) is 15.5. The second-order valence-electron chi connectivity index (χ2n) is 18.3. The highest BCUT2D eigenvalue weighted by atomic mass is 32.2. The molecule has 13 atom stereocenters. The number of ether oxygens (including phenoxy) is 4. The smallest absolute Gasteiger partial charge is 0.170 e. The van der Waals surface area contributed by atoms with Gasteiger partial charge in [-0.05, 0) is 130 Å². The molecule has 0 amide bonds. The van der Waals surface area contributed by atoms with Crippen molar-refractivity contribution in [3.63, 3.8) is 0 Å². The monoisotopic (exact) mass is 709 g/mol. The van der Waals surface area contributed by atoms with Gasteiger partial charge in [-0.15, -0.1) is 10.7 Å². The summed E-state index contributed by atoms with van der Waals surface area (Å²) >= 11 is 0. The molecule has 0 aromatic rings. The van der Waals surface area contributed by atoms with E-state index < -0.39 is 5.60 Å². The largest absolute Gasteiger partial charge is 0.400 e. The fraction of sp³-hybridized carbons (Fsp3) is 0.975. The van der Waals surface area contributed by atoms with Crippen molar-refractivity contribution in [2.24, 2.45) is 45.3 Å². The molecular weight excluding hydrogens is 637 g/mol. The van der Waals surface area contributed by atoms with Crippen LogP contribution in [-0.4, -0.2) is 110 Å². The lowest BCUT2D eigenvalue weighted by Crippen LogP contribution is -2.58. The van der Waals surface area contributed by atoms with Crippen molar-refractivity contribution >= 4 is 16.5 Å². The molecular formula is C40H72N2O6S. The molecule has 5 saturated carbocycles. The van der Waals surface area contributed by atoms with E-state index in [2.05, 4.69) is 42.5 Å². The average Bonchev–Trinajstić information content (AvgIpc) is 3.62. The van der Waals surface area contributed by atoms with Gasteiger partial charge in [0, 0.05) is 13.7 Å². The first-order chi connectivity index (χ1) is 23.3. The Morgan fingerprint density at radius 1 is 0.959 bits per heavy atom. The van der Waals surface area contributed by atoms with Crippen LogP contribution in [0.1, 0.15) is 113 Å². The minimum atomic E-state index is -0.835. The Hall–Kier alpha value is -0.100. The molecule has 9 heteroatoms. The summed E-state index contributed by atoms with van der Waals surface area (Å²) in [6, 6.07) is 0.469. The molecule has 3 saturated heterocycles. The highest BCUT2D eigenvalue weighted by molar-refractivity contribution is 8.11. The van der Waals surface area contributed by atoms with Crippen molar-refractivity contribution in [2.75, 3.05) is 46.3 Å². The Balaban J connectivity index is 0.00000101. The van der Waals surface area contributed by atoms with Gasteiger partial charge in [0.1, 0.15) is 0 Å². The zero-order chi connectivity index (χ0) is 35.6. The van der Waals surface area contributed by atoms with E-state index in [1.165, 1.54) is 57.8 Å². The Morgan fingerprint density at radius 2 is 1.67 bits per heavy atom. The molecule has 49 heavy (non-hydrogen) atoms. The van der Waals surface area contributed by atoms with Gasteiger partial charge in [0.2, 0.25) is 0 Å². The summed E-state index contributed by atoms with van der Waals surface area (Å²) in [6.07, 6.45) is 15.7. The lowest BCUT2D eigenvalue weighted by atomic mass is 9.46. The molecule has 3 aliphatic heterocycles. The van der Waals surface area contributed by atoms with Crippen LogP contribution in [0.3, 0.4) is 0 Å². The van der Waals surface area contributed by atoms with Crippen molar-refractivity contribution < 1.29 is 29.2 Å². The predicted molar refractivity (Wildman–Crippen MR) is 200 cm³/mol. The van der Waals surface area contributed by atoms with E-state index in [0.29, 0.717) is 34.3 Å². The van der Waals surface area contributed by atoms with Crippen LogP contribution >= 0.6 is 10.7 Å². The summed E-state index contributed by atoms with van der Waals surface area (Å²) in [4.78, 5) is 2.53. The molecule has 8 aliphatic rings. The first-order valence-corrected chi connectivity index (χ1v) is 21.7. The lowest BCUT2D eigenvalue weighted by molar-refractivity contribution is -0.253.